The van der Waals surface area contributed by atoms with Gasteiger partial charge in [-0.1, -0.05) is 24.3 Å². The summed E-state index contributed by atoms with van der Waals surface area (Å²) >= 11 is 0. The van der Waals surface area contributed by atoms with Crippen LogP contribution < -0.4 is 5.73 Å². The van der Waals surface area contributed by atoms with Gasteiger partial charge in [0.2, 0.25) is 5.91 Å². The first-order valence-electron chi connectivity index (χ1n) is 6.93. The maximum atomic E-state index is 12.4. The van der Waals surface area contributed by atoms with E-state index in [1.165, 1.54) is 6.42 Å². The standard InChI is InChI=1S/C15H22N2O2/c16-11-13-5-2-1-4-12(13)10-15(19)17(8-9-18)14-6-3-7-14/h1-2,4-5,14,18H,3,6-11,16H2. The van der Waals surface area contributed by atoms with Crippen LogP contribution in [0, 0.1) is 0 Å². The van der Waals surface area contributed by atoms with E-state index in [1.807, 2.05) is 29.2 Å². The zero-order valence-corrected chi connectivity index (χ0v) is 11.2. The lowest BCUT2D eigenvalue weighted by Crippen LogP contribution is -2.46. The molecule has 0 saturated heterocycles. The minimum atomic E-state index is 0.0285. The van der Waals surface area contributed by atoms with Gasteiger partial charge in [-0.05, 0) is 30.4 Å². The van der Waals surface area contributed by atoms with E-state index in [0.29, 0.717) is 25.6 Å². The summed E-state index contributed by atoms with van der Waals surface area (Å²) in [5.74, 6) is 0.0969. The van der Waals surface area contributed by atoms with Crippen LogP contribution in [0.25, 0.3) is 0 Å². The van der Waals surface area contributed by atoms with Crippen molar-refractivity contribution in [1.29, 1.82) is 0 Å². The Kier molecular flexibility index (Phi) is 4.93. The monoisotopic (exact) mass is 262 g/mol. The van der Waals surface area contributed by atoms with E-state index in [0.717, 1.165) is 24.0 Å². The summed E-state index contributed by atoms with van der Waals surface area (Å²) in [6.07, 6.45) is 3.68. The highest BCUT2D eigenvalue weighted by Gasteiger charge is 2.28. The third-order valence-electron chi connectivity index (χ3n) is 3.86. The Morgan fingerprint density at radius 2 is 2.00 bits per heavy atom. The molecule has 1 amide bonds. The third-order valence-corrected chi connectivity index (χ3v) is 3.86. The van der Waals surface area contributed by atoms with Crippen molar-refractivity contribution in [1.82, 2.24) is 4.90 Å². The smallest absolute Gasteiger partial charge is 0.227 e. The Morgan fingerprint density at radius 3 is 2.53 bits per heavy atom. The van der Waals surface area contributed by atoms with Crippen LogP contribution in [-0.4, -0.2) is 35.1 Å². The molecule has 0 bridgehead atoms. The van der Waals surface area contributed by atoms with Crippen molar-refractivity contribution in [2.75, 3.05) is 13.2 Å². The first-order valence-corrected chi connectivity index (χ1v) is 6.93. The van der Waals surface area contributed by atoms with Gasteiger partial charge in [0, 0.05) is 19.1 Å². The minimum Gasteiger partial charge on any atom is -0.395 e. The molecule has 104 valence electrons. The maximum absolute atomic E-state index is 12.4. The quantitative estimate of drug-likeness (QED) is 0.805. The molecule has 0 atom stereocenters. The average Bonchev–Trinajstić information content (AvgIpc) is 2.36. The zero-order chi connectivity index (χ0) is 13.7. The molecule has 4 nitrogen and oxygen atoms in total. The Bertz CT molecular complexity index is 430. The lowest BCUT2D eigenvalue weighted by Gasteiger charge is -2.37. The van der Waals surface area contributed by atoms with Crippen molar-refractivity contribution < 1.29 is 9.90 Å². The highest BCUT2D eigenvalue weighted by molar-refractivity contribution is 5.79. The van der Waals surface area contributed by atoms with E-state index in [2.05, 4.69) is 0 Å². The van der Waals surface area contributed by atoms with Crippen molar-refractivity contribution >= 4 is 5.91 Å². The Balaban J connectivity index is 2.05. The highest BCUT2D eigenvalue weighted by atomic mass is 16.3. The third kappa shape index (κ3) is 3.33. The topological polar surface area (TPSA) is 66.6 Å². The minimum absolute atomic E-state index is 0.0285. The van der Waals surface area contributed by atoms with Crippen LogP contribution in [-0.2, 0) is 17.8 Å². The number of hydrogen-bond acceptors (Lipinski definition) is 3. The number of nitrogens with two attached hydrogens (primary N) is 1. The molecule has 1 fully saturated rings. The number of aliphatic hydroxyl groups is 1. The Labute approximate surface area is 114 Å². The second-order valence-corrected chi connectivity index (χ2v) is 5.05. The van der Waals surface area contributed by atoms with Gasteiger partial charge in [-0.3, -0.25) is 4.79 Å². The number of hydrogen-bond donors (Lipinski definition) is 2. The van der Waals surface area contributed by atoms with E-state index in [1.54, 1.807) is 0 Å². The van der Waals surface area contributed by atoms with Crippen molar-refractivity contribution in [3.63, 3.8) is 0 Å². The zero-order valence-electron chi connectivity index (χ0n) is 11.2. The number of carbonyl (C=O) groups is 1. The van der Waals surface area contributed by atoms with Gasteiger partial charge < -0.3 is 15.7 Å². The molecular formula is C15H22N2O2. The summed E-state index contributed by atoms with van der Waals surface area (Å²) in [4.78, 5) is 14.2. The number of nitrogens with zero attached hydrogens (tertiary/aromatic N) is 1. The average molecular weight is 262 g/mol. The first-order chi connectivity index (χ1) is 9.26. The molecule has 0 aromatic heterocycles. The van der Waals surface area contributed by atoms with Crippen LogP contribution in [0.4, 0.5) is 0 Å². The predicted molar refractivity (Wildman–Crippen MR) is 74.5 cm³/mol. The lowest BCUT2D eigenvalue weighted by atomic mass is 9.91. The van der Waals surface area contributed by atoms with Crippen LogP contribution in [0.2, 0.25) is 0 Å². The SMILES string of the molecule is NCc1ccccc1CC(=O)N(CCO)C1CCC1. The molecule has 19 heavy (non-hydrogen) atoms. The normalized spacial score (nSPS) is 15.1. The van der Waals surface area contributed by atoms with Gasteiger partial charge in [-0.15, -0.1) is 0 Å². The molecule has 0 radical (unpaired) electrons. The predicted octanol–water partition coefficient (Wildman–Crippen LogP) is 1.06. The second kappa shape index (κ2) is 6.68. The van der Waals surface area contributed by atoms with Gasteiger partial charge in [0.15, 0.2) is 0 Å². The van der Waals surface area contributed by atoms with Gasteiger partial charge in [-0.25, -0.2) is 0 Å². The van der Waals surface area contributed by atoms with Gasteiger partial charge in [0.1, 0.15) is 0 Å². The molecule has 1 aliphatic carbocycles. The molecular weight excluding hydrogens is 240 g/mol. The lowest BCUT2D eigenvalue weighted by molar-refractivity contribution is -0.135. The van der Waals surface area contributed by atoms with Gasteiger partial charge >= 0.3 is 0 Å². The van der Waals surface area contributed by atoms with Crippen molar-refractivity contribution in [2.45, 2.75) is 38.3 Å². The van der Waals surface area contributed by atoms with Crippen LogP contribution >= 0.6 is 0 Å². The van der Waals surface area contributed by atoms with Crippen LogP contribution in [0.5, 0.6) is 0 Å². The molecule has 4 heteroatoms. The Hall–Kier alpha value is -1.39. The molecule has 1 aromatic carbocycles. The summed E-state index contributed by atoms with van der Waals surface area (Å²) in [6, 6.07) is 8.11. The molecule has 1 aromatic rings. The van der Waals surface area contributed by atoms with Crippen molar-refractivity contribution in [3.8, 4) is 0 Å². The summed E-state index contributed by atoms with van der Waals surface area (Å²) in [5.41, 5.74) is 7.71. The molecule has 0 spiro atoms. The van der Waals surface area contributed by atoms with Crippen LogP contribution in [0.1, 0.15) is 30.4 Å². The van der Waals surface area contributed by atoms with E-state index in [-0.39, 0.29) is 12.5 Å². The summed E-state index contributed by atoms with van der Waals surface area (Å²) in [6.45, 7) is 0.919. The maximum Gasteiger partial charge on any atom is 0.227 e. The number of rotatable bonds is 6. The van der Waals surface area contributed by atoms with Crippen LogP contribution in [0.3, 0.4) is 0 Å². The fourth-order valence-corrected chi connectivity index (χ4v) is 2.51. The van der Waals surface area contributed by atoms with Crippen LogP contribution in [0.15, 0.2) is 24.3 Å². The number of aliphatic hydroxyl groups excluding tert-OH is 1. The number of carbonyl (C=O) groups excluding carboxylic acids is 1. The molecule has 0 aliphatic heterocycles. The Morgan fingerprint density at radius 1 is 1.32 bits per heavy atom. The first kappa shape index (κ1) is 14.0. The fourth-order valence-electron chi connectivity index (χ4n) is 2.51. The summed E-state index contributed by atoms with van der Waals surface area (Å²) < 4.78 is 0. The molecule has 1 aliphatic rings. The molecule has 3 N–H and O–H groups in total. The summed E-state index contributed by atoms with van der Waals surface area (Å²) in [7, 11) is 0. The highest BCUT2D eigenvalue weighted by Crippen LogP contribution is 2.25. The van der Waals surface area contributed by atoms with E-state index in [4.69, 9.17) is 10.8 Å². The summed E-state index contributed by atoms with van der Waals surface area (Å²) in [5, 5.41) is 9.11. The van der Waals surface area contributed by atoms with E-state index >= 15 is 0 Å². The molecule has 0 heterocycles. The van der Waals surface area contributed by atoms with E-state index < -0.39 is 0 Å². The fraction of sp³-hybridized carbons (Fsp3) is 0.533. The van der Waals surface area contributed by atoms with Gasteiger partial charge in [-0.2, -0.15) is 0 Å². The van der Waals surface area contributed by atoms with Gasteiger partial charge in [0.25, 0.3) is 0 Å². The second-order valence-electron chi connectivity index (χ2n) is 5.05. The van der Waals surface area contributed by atoms with Crippen molar-refractivity contribution in [2.24, 2.45) is 5.73 Å². The van der Waals surface area contributed by atoms with E-state index in [9.17, 15) is 4.79 Å². The van der Waals surface area contributed by atoms with Gasteiger partial charge in [0.05, 0.1) is 13.0 Å². The molecule has 1 saturated carbocycles. The largest absolute Gasteiger partial charge is 0.395 e. The number of benzene rings is 1. The number of amides is 1. The molecule has 2 rings (SSSR count). The van der Waals surface area contributed by atoms with Crippen molar-refractivity contribution in [3.05, 3.63) is 35.4 Å². The molecule has 0 unspecified atom stereocenters.